The fourth-order valence-electron chi connectivity index (χ4n) is 2.79. The second kappa shape index (κ2) is 5.07. The van der Waals surface area contributed by atoms with E-state index in [1.807, 2.05) is 13.8 Å². The Labute approximate surface area is 123 Å². The molecule has 1 saturated heterocycles. The molecule has 2 heterocycles. The van der Waals surface area contributed by atoms with Crippen LogP contribution >= 0.6 is 0 Å². The Bertz CT molecular complexity index is 675. The highest BCUT2D eigenvalue weighted by Crippen LogP contribution is 2.25. The van der Waals surface area contributed by atoms with Crippen molar-refractivity contribution >= 4 is 22.6 Å². The molecule has 1 fully saturated rings. The highest BCUT2D eigenvalue weighted by Gasteiger charge is 2.30. The Morgan fingerprint density at radius 2 is 2.19 bits per heavy atom. The number of nitrogens with one attached hydrogen (secondary N) is 1. The van der Waals surface area contributed by atoms with Gasteiger partial charge in [0.25, 0.3) is 5.91 Å². The van der Waals surface area contributed by atoms with E-state index >= 15 is 0 Å². The summed E-state index contributed by atoms with van der Waals surface area (Å²) in [7, 11) is 0. The minimum atomic E-state index is -0.196. The Hall–Kier alpha value is -2.01. The van der Waals surface area contributed by atoms with Gasteiger partial charge in [0.1, 0.15) is 5.58 Å². The van der Waals surface area contributed by atoms with Crippen molar-refractivity contribution in [2.75, 3.05) is 12.3 Å². The van der Waals surface area contributed by atoms with E-state index in [2.05, 4.69) is 5.32 Å². The molecule has 3 rings (SSSR count). The van der Waals surface area contributed by atoms with Crippen LogP contribution in [0.1, 0.15) is 37.2 Å². The van der Waals surface area contributed by atoms with E-state index in [0.717, 1.165) is 18.2 Å². The van der Waals surface area contributed by atoms with Crippen molar-refractivity contribution in [2.24, 2.45) is 0 Å². The van der Waals surface area contributed by atoms with Crippen molar-refractivity contribution in [1.29, 1.82) is 0 Å². The Kier molecular flexibility index (Phi) is 3.37. The number of ether oxygens (including phenoxy) is 1. The van der Waals surface area contributed by atoms with Crippen LogP contribution in [0.2, 0.25) is 0 Å². The number of anilines is 1. The number of hydrogen-bond acceptors (Lipinski definition) is 4. The molecule has 112 valence electrons. The molecule has 1 aliphatic heterocycles. The van der Waals surface area contributed by atoms with Crippen LogP contribution in [0.3, 0.4) is 0 Å². The topological polar surface area (TPSA) is 77.5 Å². The zero-order valence-corrected chi connectivity index (χ0v) is 12.3. The first-order valence-corrected chi connectivity index (χ1v) is 7.17. The van der Waals surface area contributed by atoms with Gasteiger partial charge in [-0.15, -0.1) is 0 Å². The van der Waals surface area contributed by atoms with Crippen molar-refractivity contribution in [3.63, 3.8) is 0 Å². The highest BCUT2D eigenvalue weighted by atomic mass is 16.5. The Balaban J connectivity index is 1.74. The number of amides is 1. The summed E-state index contributed by atoms with van der Waals surface area (Å²) in [6.07, 6.45) is 1.62. The third-order valence-corrected chi connectivity index (χ3v) is 3.80. The van der Waals surface area contributed by atoms with Crippen molar-refractivity contribution in [1.82, 2.24) is 5.32 Å². The molecule has 2 aromatic rings. The molecule has 21 heavy (non-hydrogen) atoms. The minimum absolute atomic E-state index is 0.111. The van der Waals surface area contributed by atoms with Crippen LogP contribution < -0.4 is 11.1 Å². The lowest BCUT2D eigenvalue weighted by Crippen LogP contribution is -2.45. The molecule has 1 aromatic carbocycles. The number of hydrogen-bond donors (Lipinski definition) is 2. The first-order chi connectivity index (χ1) is 9.93. The minimum Gasteiger partial charge on any atom is -0.451 e. The number of furan rings is 1. The number of nitrogens with two attached hydrogens (primary N) is 1. The number of nitrogen functional groups attached to an aromatic ring is 1. The summed E-state index contributed by atoms with van der Waals surface area (Å²) in [5.74, 6) is 0.132. The number of carbonyl (C=O) groups is 1. The van der Waals surface area contributed by atoms with E-state index < -0.39 is 0 Å². The maximum atomic E-state index is 12.3. The molecule has 1 amide bonds. The molecule has 0 spiro atoms. The van der Waals surface area contributed by atoms with Crippen LogP contribution in [0.25, 0.3) is 11.0 Å². The lowest BCUT2D eigenvalue weighted by molar-refractivity contribution is -0.0616. The zero-order chi connectivity index (χ0) is 15.0. The molecule has 0 saturated carbocycles. The first kappa shape index (κ1) is 13.9. The molecule has 5 nitrogen and oxygen atoms in total. The van der Waals surface area contributed by atoms with Gasteiger partial charge in [-0.1, -0.05) is 0 Å². The largest absolute Gasteiger partial charge is 0.451 e. The fraction of sp³-hybridized carbons (Fsp3) is 0.438. The quantitative estimate of drug-likeness (QED) is 0.833. The number of benzene rings is 1. The molecular formula is C16H20N2O3. The van der Waals surface area contributed by atoms with Crippen LogP contribution in [0.4, 0.5) is 5.69 Å². The van der Waals surface area contributed by atoms with Gasteiger partial charge in [-0.05, 0) is 51.0 Å². The van der Waals surface area contributed by atoms with Gasteiger partial charge in [-0.25, -0.2) is 0 Å². The number of fused-ring (bicyclic) bond motifs is 1. The normalized spacial score (nSPS) is 21.3. The maximum Gasteiger partial charge on any atom is 0.287 e. The van der Waals surface area contributed by atoms with Crippen molar-refractivity contribution in [2.45, 2.75) is 38.3 Å². The summed E-state index contributed by atoms with van der Waals surface area (Å²) in [5, 5.41) is 3.86. The SMILES string of the molecule is CC1(C)CC(NC(=O)c2cc3cc(N)ccc3o2)CCO1. The van der Waals surface area contributed by atoms with Gasteiger partial charge in [-0.2, -0.15) is 0 Å². The smallest absolute Gasteiger partial charge is 0.287 e. The summed E-state index contributed by atoms with van der Waals surface area (Å²) < 4.78 is 11.2. The predicted octanol–water partition coefficient (Wildman–Crippen LogP) is 2.70. The van der Waals surface area contributed by atoms with Gasteiger partial charge in [0.15, 0.2) is 5.76 Å². The van der Waals surface area contributed by atoms with Gasteiger partial charge >= 0.3 is 0 Å². The van der Waals surface area contributed by atoms with Crippen molar-refractivity contribution in [3.05, 3.63) is 30.0 Å². The van der Waals surface area contributed by atoms with E-state index in [4.69, 9.17) is 14.9 Å². The van der Waals surface area contributed by atoms with Gasteiger partial charge in [0, 0.05) is 23.7 Å². The lowest BCUT2D eigenvalue weighted by Gasteiger charge is -2.35. The average Bonchev–Trinajstić information content (AvgIpc) is 2.80. The van der Waals surface area contributed by atoms with E-state index in [-0.39, 0.29) is 17.6 Å². The summed E-state index contributed by atoms with van der Waals surface area (Å²) >= 11 is 0. The third kappa shape index (κ3) is 3.03. The summed E-state index contributed by atoms with van der Waals surface area (Å²) in [6, 6.07) is 7.17. The van der Waals surface area contributed by atoms with Crippen LogP contribution in [-0.4, -0.2) is 24.2 Å². The van der Waals surface area contributed by atoms with Crippen LogP contribution in [-0.2, 0) is 4.74 Å². The second-order valence-corrected chi connectivity index (χ2v) is 6.18. The first-order valence-electron chi connectivity index (χ1n) is 7.17. The summed E-state index contributed by atoms with van der Waals surface area (Å²) in [6.45, 7) is 4.74. The van der Waals surface area contributed by atoms with Crippen molar-refractivity contribution in [3.8, 4) is 0 Å². The standard InChI is InChI=1S/C16H20N2O3/c1-16(2)9-12(5-6-20-16)18-15(19)14-8-10-7-11(17)3-4-13(10)21-14/h3-4,7-8,12H,5-6,9,17H2,1-2H3,(H,18,19). The third-order valence-electron chi connectivity index (χ3n) is 3.80. The molecule has 5 heteroatoms. The lowest BCUT2D eigenvalue weighted by atomic mass is 9.94. The molecule has 1 atom stereocenters. The van der Waals surface area contributed by atoms with Gasteiger partial charge in [0.2, 0.25) is 0 Å². The maximum absolute atomic E-state index is 12.3. The molecule has 3 N–H and O–H groups in total. The van der Waals surface area contributed by atoms with E-state index in [9.17, 15) is 4.79 Å². The fourth-order valence-corrected chi connectivity index (χ4v) is 2.79. The average molecular weight is 288 g/mol. The highest BCUT2D eigenvalue weighted by molar-refractivity contribution is 5.96. The molecule has 0 bridgehead atoms. The zero-order valence-electron chi connectivity index (χ0n) is 12.3. The summed E-state index contributed by atoms with van der Waals surface area (Å²) in [5.41, 5.74) is 6.86. The molecule has 0 radical (unpaired) electrons. The van der Waals surface area contributed by atoms with Crippen LogP contribution in [0, 0.1) is 0 Å². The number of carbonyl (C=O) groups excluding carboxylic acids is 1. The molecule has 1 unspecified atom stereocenters. The van der Waals surface area contributed by atoms with Crippen LogP contribution in [0.5, 0.6) is 0 Å². The Morgan fingerprint density at radius 1 is 1.38 bits per heavy atom. The van der Waals surface area contributed by atoms with Crippen molar-refractivity contribution < 1.29 is 13.9 Å². The van der Waals surface area contributed by atoms with Gasteiger partial charge in [-0.3, -0.25) is 4.79 Å². The van der Waals surface area contributed by atoms with E-state index in [1.165, 1.54) is 0 Å². The number of rotatable bonds is 2. The monoisotopic (exact) mass is 288 g/mol. The molecule has 1 aromatic heterocycles. The predicted molar refractivity (Wildman–Crippen MR) is 81.1 cm³/mol. The van der Waals surface area contributed by atoms with Crippen LogP contribution in [0.15, 0.2) is 28.7 Å². The van der Waals surface area contributed by atoms with Gasteiger partial charge in [0.05, 0.1) is 5.60 Å². The molecular weight excluding hydrogens is 268 g/mol. The molecule has 0 aliphatic carbocycles. The van der Waals surface area contributed by atoms with E-state index in [1.54, 1.807) is 24.3 Å². The molecule has 1 aliphatic rings. The second-order valence-electron chi connectivity index (χ2n) is 6.18. The van der Waals surface area contributed by atoms with E-state index in [0.29, 0.717) is 23.6 Å². The Morgan fingerprint density at radius 3 is 2.95 bits per heavy atom. The summed E-state index contributed by atoms with van der Waals surface area (Å²) in [4.78, 5) is 12.3. The van der Waals surface area contributed by atoms with Gasteiger partial charge < -0.3 is 20.2 Å².